The van der Waals surface area contributed by atoms with Crippen LogP contribution in [0.1, 0.15) is 24.8 Å². The molecule has 20 heavy (non-hydrogen) atoms. The van der Waals surface area contributed by atoms with E-state index in [-0.39, 0.29) is 5.91 Å². The highest BCUT2D eigenvalue weighted by atomic mass is 32.2. The van der Waals surface area contributed by atoms with Crippen LogP contribution in [-0.4, -0.2) is 29.4 Å². The van der Waals surface area contributed by atoms with Crippen molar-refractivity contribution in [3.63, 3.8) is 0 Å². The van der Waals surface area contributed by atoms with E-state index in [2.05, 4.69) is 34.6 Å². The molecule has 1 aliphatic heterocycles. The number of hydrogen-bond donors (Lipinski definition) is 2. The van der Waals surface area contributed by atoms with Crippen molar-refractivity contribution in [2.75, 3.05) is 12.3 Å². The van der Waals surface area contributed by atoms with Gasteiger partial charge in [0.25, 0.3) is 0 Å². The Balaban J connectivity index is 1.68. The van der Waals surface area contributed by atoms with Gasteiger partial charge in [-0.15, -0.1) is 0 Å². The van der Waals surface area contributed by atoms with Gasteiger partial charge in [0, 0.05) is 24.8 Å². The van der Waals surface area contributed by atoms with E-state index in [9.17, 15) is 4.79 Å². The lowest BCUT2D eigenvalue weighted by molar-refractivity contribution is -0.118. The van der Waals surface area contributed by atoms with Crippen molar-refractivity contribution in [2.45, 2.75) is 31.7 Å². The molecule has 1 heterocycles. The standard InChI is InChI=1S/C15H21N3OS/c16-14(19)8-4-5-9-17-15-18-13(11-20-15)10-12-6-2-1-3-7-12/h1-3,6-7,13H,4-5,8-11H2,(H2,16,19)(H,17,18). The number of amidine groups is 1. The molecule has 1 saturated heterocycles. The lowest BCUT2D eigenvalue weighted by Crippen LogP contribution is -2.29. The smallest absolute Gasteiger partial charge is 0.217 e. The quantitative estimate of drug-likeness (QED) is 0.755. The summed E-state index contributed by atoms with van der Waals surface area (Å²) in [6.07, 6.45) is 3.23. The van der Waals surface area contributed by atoms with Crippen LogP contribution in [0.4, 0.5) is 0 Å². The molecule has 108 valence electrons. The zero-order chi connectivity index (χ0) is 14.2. The molecule has 0 aliphatic carbocycles. The first kappa shape index (κ1) is 14.9. The predicted molar refractivity (Wildman–Crippen MR) is 84.9 cm³/mol. The summed E-state index contributed by atoms with van der Waals surface area (Å²) in [6.45, 7) is 0.765. The highest BCUT2D eigenvalue weighted by Gasteiger charge is 2.19. The topological polar surface area (TPSA) is 67.5 Å². The van der Waals surface area contributed by atoms with E-state index in [1.54, 1.807) is 11.8 Å². The van der Waals surface area contributed by atoms with Gasteiger partial charge in [-0.1, -0.05) is 42.1 Å². The number of hydrogen-bond acceptors (Lipinski definition) is 3. The molecule has 1 amide bonds. The first-order chi connectivity index (χ1) is 9.74. The van der Waals surface area contributed by atoms with Crippen LogP contribution < -0.4 is 11.1 Å². The Morgan fingerprint density at radius 3 is 2.90 bits per heavy atom. The summed E-state index contributed by atoms with van der Waals surface area (Å²) in [7, 11) is 0. The average Bonchev–Trinajstić information content (AvgIpc) is 2.87. The summed E-state index contributed by atoms with van der Waals surface area (Å²) in [5.41, 5.74) is 6.45. The number of thioether (sulfide) groups is 1. The maximum absolute atomic E-state index is 10.6. The summed E-state index contributed by atoms with van der Waals surface area (Å²) in [6, 6.07) is 11.0. The molecule has 4 nitrogen and oxygen atoms in total. The van der Waals surface area contributed by atoms with E-state index in [1.807, 2.05) is 6.07 Å². The van der Waals surface area contributed by atoms with Crippen LogP contribution in [0.2, 0.25) is 0 Å². The van der Waals surface area contributed by atoms with E-state index >= 15 is 0 Å². The van der Waals surface area contributed by atoms with Crippen molar-refractivity contribution in [3.8, 4) is 0 Å². The van der Waals surface area contributed by atoms with Crippen LogP contribution in [0, 0.1) is 0 Å². The van der Waals surface area contributed by atoms with Crippen LogP contribution >= 0.6 is 11.8 Å². The Labute approximate surface area is 124 Å². The van der Waals surface area contributed by atoms with E-state index in [4.69, 9.17) is 5.73 Å². The fourth-order valence-electron chi connectivity index (χ4n) is 2.13. The molecular formula is C15H21N3OS. The van der Waals surface area contributed by atoms with Gasteiger partial charge in [0.05, 0.1) is 0 Å². The molecular weight excluding hydrogens is 270 g/mol. The number of nitrogens with one attached hydrogen (secondary N) is 1. The van der Waals surface area contributed by atoms with E-state index in [0.717, 1.165) is 36.7 Å². The fourth-order valence-corrected chi connectivity index (χ4v) is 3.12. The number of unbranched alkanes of at least 4 members (excludes halogenated alkanes) is 1. The molecule has 0 bridgehead atoms. The van der Waals surface area contributed by atoms with Gasteiger partial charge >= 0.3 is 0 Å². The fraction of sp³-hybridized carbons (Fsp3) is 0.467. The van der Waals surface area contributed by atoms with Gasteiger partial charge < -0.3 is 11.1 Å². The van der Waals surface area contributed by atoms with Gasteiger partial charge in [0.2, 0.25) is 5.91 Å². The first-order valence-corrected chi connectivity index (χ1v) is 7.98. The number of rotatable bonds is 7. The molecule has 1 atom stereocenters. The number of nitrogens with zero attached hydrogens (tertiary/aromatic N) is 1. The number of amides is 1. The molecule has 5 heteroatoms. The molecule has 0 aromatic heterocycles. The van der Waals surface area contributed by atoms with Gasteiger partial charge in [-0.25, -0.2) is 0 Å². The van der Waals surface area contributed by atoms with Crippen molar-refractivity contribution in [1.29, 1.82) is 0 Å². The predicted octanol–water partition coefficient (Wildman–Crippen LogP) is 1.95. The van der Waals surface area contributed by atoms with Crippen LogP contribution in [0.3, 0.4) is 0 Å². The Bertz CT molecular complexity index is 461. The normalized spacial score (nSPS) is 20.0. The lowest BCUT2D eigenvalue weighted by Gasteiger charge is -2.09. The summed E-state index contributed by atoms with van der Waals surface area (Å²) in [5.74, 6) is 0.837. The zero-order valence-corrected chi connectivity index (χ0v) is 12.4. The summed E-state index contributed by atoms with van der Waals surface area (Å²) >= 11 is 1.78. The van der Waals surface area contributed by atoms with Crippen LogP contribution in [-0.2, 0) is 11.2 Å². The molecule has 1 aromatic rings. The summed E-state index contributed by atoms with van der Waals surface area (Å²) in [5, 5.41) is 4.49. The Morgan fingerprint density at radius 1 is 1.35 bits per heavy atom. The molecule has 1 aliphatic rings. The third-order valence-corrected chi connectivity index (χ3v) is 4.25. The highest BCUT2D eigenvalue weighted by molar-refractivity contribution is 8.14. The number of nitrogens with two attached hydrogens (primary N) is 1. The number of aliphatic imine (C=N–C) groups is 1. The SMILES string of the molecule is NC(=O)CCCCN=C1NC(Cc2ccccc2)CS1. The molecule has 2 rings (SSSR count). The Hall–Kier alpha value is -1.49. The van der Waals surface area contributed by atoms with Crippen molar-refractivity contribution in [2.24, 2.45) is 10.7 Å². The number of carbonyl (C=O) groups is 1. The second-order valence-electron chi connectivity index (χ2n) is 4.95. The zero-order valence-electron chi connectivity index (χ0n) is 11.5. The van der Waals surface area contributed by atoms with Crippen LogP contribution in [0.5, 0.6) is 0 Å². The minimum absolute atomic E-state index is 0.228. The average molecular weight is 291 g/mol. The molecule has 1 aromatic carbocycles. The minimum Gasteiger partial charge on any atom is -0.370 e. The van der Waals surface area contributed by atoms with Gasteiger partial charge in [0.15, 0.2) is 5.17 Å². The second-order valence-corrected chi connectivity index (χ2v) is 5.96. The second kappa shape index (κ2) is 7.94. The number of carbonyl (C=O) groups excluding carboxylic acids is 1. The van der Waals surface area contributed by atoms with Crippen molar-refractivity contribution in [3.05, 3.63) is 35.9 Å². The van der Waals surface area contributed by atoms with E-state index in [0.29, 0.717) is 12.5 Å². The minimum atomic E-state index is -0.228. The third kappa shape index (κ3) is 5.25. The van der Waals surface area contributed by atoms with E-state index < -0.39 is 0 Å². The summed E-state index contributed by atoms with van der Waals surface area (Å²) < 4.78 is 0. The Morgan fingerprint density at radius 2 is 2.15 bits per heavy atom. The third-order valence-electron chi connectivity index (χ3n) is 3.16. The maximum Gasteiger partial charge on any atom is 0.217 e. The number of primary amides is 1. The molecule has 1 fully saturated rings. The van der Waals surface area contributed by atoms with Crippen molar-refractivity contribution >= 4 is 22.8 Å². The maximum atomic E-state index is 10.6. The van der Waals surface area contributed by atoms with E-state index in [1.165, 1.54) is 5.56 Å². The molecule has 0 saturated carbocycles. The monoisotopic (exact) mass is 291 g/mol. The highest BCUT2D eigenvalue weighted by Crippen LogP contribution is 2.17. The molecule has 0 radical (unpaired) electrons. The van der Waals surface area contributed by atoms with Gasteiger partial charge in [-0.2, -0.15) is 0 Å². The van der Waals surface area contributed by atoms with Crippen LogP contribution in [0.15, 0.2) is 35.3 Å². The molecule has 0 spiro atoms. The largest absolute Gasteiger partial charge is 0.370 e. The van der Waals surface area contributed by atoms with Gasteiger partial charge in [-0.3, -0.25) is 9.79 Å². The molecule has 1 unspecified atom stereocenters. The lowest BCUT2D eigenvalue weighted by atomic mass is 10.1. The van der Waals surface area contributed by atoms with Crippen molar-refractivity contribution in [1.82, 2.24) is 5.32 Å². The molecule has 3 N–H and O–H groups in total. The van der Waals surface area contributed by atoms with Crippen LogP contribution in [0.25, 0.3) is 0 Å². The van der Waals surface area contributed by atoms with Gasteiger partial charge in [0.1, 0.15) is 0 Å². The van der Waals surface area contributed by atoms with Crippen molar-refractivity contribution < 1.29 is 4.79 Å². The number of benzene rings is 1. The van der Waals surface area contributed by atoms with Gasteiger partial charge in [-0.05, 0) is 24.8 Å². The first-order valence-electron chi connectivity index (χ1n) is 7.00. The summed E-state index contributed by atoms with van der Waals surface area (Å²) in [4.78, 5) is 15.1. The Kier molecular flexibility index (Phi) is 5.92.